The Bertz CT molecular complexity index is 779. The minimum Gasteiger partial charge on any atom is -0.319 e. The maximum absolute atomic E-state index is 12.0. The highest BCUT2D eigenvalue weighted by Gasteiger charge is 2.10. The normalized spacial score (nSPS) is 10.7. The van der Waals surface area contributed by atoms with Gasteiger partial charge >= 0.3 is 0 Å². The number of hydrogen-bond acceptors (Lipinski definition) is 4. The lowest BCUT2D eigenvalue weighted by atomic mass is 10.2. The van der Waals surface area contributed by atoms with Crippen molar-refractivity contribution in [2.45, 2.75) is 6.92 Å². The molecule has 0 saturated carbocycles. The number of rotatable bonds is 2. The number of carbonyl (C=O) groups is 1. The van der Waals surface area contributed by atoms with Gasteiger partial charge in [0.25, 0.3) is 5.91 Å². The van der Waals surface area contributed by atoms with E-state index in [1.54, 1.807) is 35.3 Å². The van der Waals surface area contributed by atoms with Gasteiger partial charge in [-0.05, 0) is 25.1 Å². The number of nitrogens with zero attached hydrogens (tertiary/aromatic N) is 4. The summed E-state index contributed by atoms with van der Waals surface area (Å²) >= 11 is 0. The fourth-order valence-electron chi connectivity index (χ4n) is 2.07. The van der Waals surface area contributed by atoms with Crippen LogP contribution in [-0.4, -0.2) is 25.7 Å². The molecule has 3 aromatic heterocycles. The molecule has 6 heteroatoms. The fourth-order valence-corrected chi connectivity index (χ4v) is 2.07. The number of anilines is 1. The van der Waals surface area contributed by atoms with Gasteiger partial charge in [-0.15, -0.1) is 0 Å². The van der Waals surface area contributed by atoms with Gasteiger partial charge in [-0.3, -0.25) is 14.5 Å². The lowest BCUT2D eigenvalue weighted by Gasteiger charge is -2.04. The summed E-state index contributed by atoms with van der Waals surface area (Å²) in [4.78, 5) is 20.3. The highest BCUT2D eigenvalue weighted by molar-refractivity contribution is 6.03. The molecular formula is C14H13N5O. The standard InChI is InChI=1S/C14H13N5O/c1-9-11-7-10(8-16-13(11)19(2)18-9)17-14(20)12-5-3-4-6-15-12/h3-8H,1-2H3,(H,17,20). The molecule has 0 aromatic carbocycles. The van der Waals surface area contributed by atoms with Gasteiger partial charge in [-0.25, -0.2) is 4.98 Å². The Morgan fingerprint density at radius 1 is 1.30 bits per heavy atom. The third kappa shape index (κ3) is 2.11. The van der Waals surface area contributed by atoms with Crippen molar-refractivity contribution >= 4 is 22.6 Å². The van der Waals surface area contributed by atoms with Crippen molar-refractivity contribution in [1.29, 1.82) is 0 Å². The van der Waals surface area contributed by atoms with Crippen LogP contribution in [0.1, 0.15) is 16.2 Å². The number of amides is 1. The summed E-state index contributed by atoms with van der Waals surface area (Å²) in [6.07, 6.45) is 3.20. The molecule has 0 aliphatic rings. The molecule has 0 unspecified atom stereocenters. The molecule has 3 heterocycles. The maximum atomic E-state index is 12.0. The highest BCUT2D eigenvalue weighted by atomic mass is 16.1. The number of aryl methyl sites for hydroxylation is 2. The van der Waals surface area contributed by atoms with E-state index >= 15 is 0 Å². The van der Waals surface area contributed by atoms with Crippen molar-refractivity contribution in [2.24, 2.45) is 7.05 Å². The average Bonchev–Trinajstić information content (AvgIpc) is 2.75. The molecule has 1 amide bonds. The molecule has 20 heavy (non-hydrogen) atoms. The summed E-state index contributed by atoms with van der Waals surface area (Å²) in [5.74, 6) is -0.256. The number of carbonyl (C=O) groups excluding carboxylic acids is 1. The van der Waals surface area contributed by atoms with E-state index in [2.05, 4.69) is 20.4 Å². The molecule has 0 atom stereocenters. The predicted octanol–water partition coefficient (Wildman–Crippen LogP) is 1.92. The number of fused-ring (bicyclic) bond motifs is 1. The molecule has 0 fully saturated rings. The van der Waals surface area contributed by atoms with Crippen molar-refractivity contribution in [3.63, 3.8) is 0 Å². The number of hydrogen-bond donors (Lipinski definition) is 1. The Balaban J connectivity index is 1.92. The van der Waals surface area contributed by atoms with Gasteiger partial charge in [0, 0.05) is 18.6 Å². The first-order valence-electron chi connectivity index (χ1n) is 6.17. The summed E-state index contributed by atoms with van der Waals surface area (Å²) in [7, 11) is 1.84. The van der Waals surface area contributed by atoms with Crippen LogP contribution in [0.2, 0.25) is 0 Å². The van der Waals surface area contributed by atoms with E-state index < -0.39 is 0 Å². The molecule has 0 aliphatic carbocycles. The molecule has 0 aliphatic heterocycles. The summed E-state index contributed by atoms with van der Waals surface area (Å²) in [5.41, 5.74) is 2.67. The SMILES string of the molecule is Cc1nn(C)c2ncc(NC(=O)c3ccccn3)cc12. The topological polar surface area (TPSA) is 72.7 Å². The van der Waals surface area contributed by atoms with E-state index in [0.29, 0.717) is 11.4 Å². The van der Waals surface area contributed by atoms with Crippen LogP contribution in [0.3, 0.4) is 0 Å². The number of aromatic nitrogens is 4. The Labute approximate surface area is 115 Å². The van der Waals surface area contributed by atoms with Crippen molar-refractivity contribution in [3.05, 3.63) is 48.0 Å². The van der Waals surface area contributed by atoms with Crippen LogP contribution in [-0.2, 0) is 7.05 Å². The van der Waals surface area contributed by atoms with Gasteiger partial charge < -0.3 is 5.32 Å². The predicted molar refractivity (Wildman–Crippen MR) is 75.4 cm³/mol. The van der Waals surface area contributed by atoms with Crippen LogP contribution in [0.5, 0.6) is 0 Å². The van der Waals surface area contributed by atoms with Crippen LogP contribution in [0.25, 0.3) is 11.0 Å². The second kappa shape index (κ2) is 4.73. The van der Waals surface area contributed by atoms with Gasteiger partial charge in [-0.1, -0.05) is 6.07 Å². The molecule has 6 nitrogen and oxygen atoms in total. The number of nitrogens with one attached hydrogen (secondary N) is 1. The van der Waals surface area contributed by atoms with Gasteiger partial charge in [0.1, 0.15) is 5.69 Å². The van der Waals surface area contributed by atoms with Gasteiger partial charge in [0.15, 0.2) is 5.65 Å². The minimum atomic E-state index is -0.256. The first kappa shape index (κ1) is 12.3. The molecule has 0 radical (unpaired) electrons. The molecular weight excluding hydrogens is 254 g/mol. The van der Waals surface area contributed by atoms with Crippen LogP contribution in [0.4, 0.5) is 5.69 Å². The summed E-state index contributed by atoms with van der Waals surface area (Å²) < 4.78 is 1.72. The molecule has 3 aromatic rings. The van der Waals surface area contributed by atoms with Crippen LogP contribution >= 0.6 is 0 Å². The lowest BCUT2D eigenvalue weighted by Crippen LogP contribution is -2.13. The first-order chi connectivity index (χ1) is 9.65. The zero-order valence-corrected chi connectivity index (χ0v) is 11.2. The van der Waals surface area contributed by atoms with Crippen LogP contribution < -0.4 is 5.32 Å². The van der Waals surface area contributed by atoms with E-state index in [0.717, 1.165) is 16.7 Å². The Hall–Kier alpha value is -2.76. The van der Waals surface area contributed by atoms with Gasteiger partial charge in [-0.2, -0.15) is 5.10 Å². The Kier molecular flexibility index (Phi) is 2.90. The quantitative estimate of drug-likeness (QED) is 0.770. The highest BCUT2D eigenvalue weighted by Crippen LogP contribution is 2.19. The monoisotopic (exact) mass is 267 g/mol. The molecule has 1 N–H and O–H groups in total. The van der Waals surface area contributed by atoms with Crippen molar-refractivity contribution in [3.8, 4) is 0 Å². The minimum absolute atomic E-state index is 0.256. The third-order valence-corrected chi connectivity index (χ3v) is 3.02. The second-order valence-electron chi connectivity index (χ2n) is 4.47. The van der Waals surface area contributed by atoms with Crippen LogP contribution in [0.15, 0.2) is 36.7 Å². The van der Waals surface area contributed by atoms with Crippen molar-refractivity contribution in [2.75, 3.05) is 5.32 Å². The molecule has 0 spiro atoms. The van der Waals surface area contributed by atoms with E-state index in [4.69, 9.17) is 0 Å². The van der Waals surface area contributed by atoms with E-state index in [1.165, 1.54) is 0 Å². The van der Waals surface area contributed by atoms with E-state index in [9.17, 15) is 4.79 Å². The van der Waals surface area contributed by atoms with Crippen LogP contribution in [0, 0.1) is 6.92 Å². The van der Waals surface area contributed by atoms with E-state index in [-0.39, 0.29) is 5.91 Å². The molecule has 3 rings (SSSR count). The lowest BCUT2D eigenvalue weighted by molar-refractivity contribution is 0.102. The zero-order valence-electron chi connectivity index (χ0n) is 11.2. The molecule has 0 bridgehead atoms. The Morgan fingerprint density at radius 2 is 2.15 bits per heavy atom. The smallest absolute Gasteiger partial charge is 0.274 e. The van der Waals surface area contributed by atoms with Crippen molar-refractivity contribution < 1.29 is 4.79 Å². The molecule has 100 valence electrons. The second-order valence-corrected chi connectivity index (χ2v) is 4.47. The first-order valence-corrected chi connectivity index (χ1v) is 6.17. The van der Waals surface area contributed by atoms with Crippen molar-refractivity contribution in [1.82, 2.24) is 19.7 Å². The maximum Gasteiger partial charge on any atom is 0.274 e. The Morgan fingerprint density at radius 3 is 2.90 bits per heavy atom. The fraction of sp³-hybridized carbons (Fsp3) is 0.143. The third-order valence-electron chi connectivity index (χ3n) is 3.02. The summed E-state index contributed by atoms with van der Waals surface area (Å²) in [5, 5.41) is 8.01. The summed E-state index contributed by atoms with van der Waals surface area (Å²) in [6.45, 7) is 1.91. The van der Waals surface area contributed by atoms with Gasteiger partial charge in [0.2, 0.25) is 0 Å². The van der Waals surface area contributed by atoms with E-state index in [1.807, 2.05) is 20.0 Å². The van der Waals surface area contributed by atoms with Gasteiger partial charge in [0.05, 0.1) is 17.6 Å². The molecule has 0 saturated heterocycles. The average molecular weight is 267 g/mol. The number of pyridine rings is 2. The zero-order chi connectivity index (χ0) is 14.1. The largest absolute Gasteiger partial charge is 0.319 e. The summed E-state index contributed by atoms with van der Waals surface area (Å²) in [6, 6.07) is 7.07.